The smallest absolute Gasteiger partial charge is 0.268 e. The normalized spacial score (nSPS) is 12.1. The van der Waals surface area contributed by atoms with Gasteiger partial charge in [-0.05, 0) is 61.4 Å². The number of aromatic nitrogens is 4. The number of fused-ring (bicyclic) bond motifs is 1. The Morgan fingerprint density at radius 2 is 1.94 bits per heavy atom. The molecule has 0 saturated heterocycles. The molecule has 0 saturated carbocycles. The number of H-pyrrole nitrogens is 2. The Balaban J connectivity index is 1.46. The van der Waals surface area contributed by atoms with E-state index in [4.69, 9.17) is 11.6 Å². The van der Waals surface area contributed by atoms with Gasteiger partial charge in [-0.15, -0.1) is 0 Å². The molecule has 4 N–H and O–H groups in total. The number of aryl methyl sites for hydroxylation is 2. The summed E-state index contributed by atoms with van der Waals surface area (Å²) in [6.45, 7) is 3.70. The summed E-state index contributed by atoms with van der Waals surface area (Å²) in [5.41, 5.74) is 7.67. The molecule has 1 aromatic carbocycles. The lowest BCUT2D eigenvalue weighted by Gasteiger charge is -2.16. The standard InChI is InChI=1S/C27H24ClN5O2/c1-15-8-17(6-7-29-15)19-10-22-25(16(2)32-26(22)31-12-19)20-11-23(30-13-20)27(35)33-24(14-34)18-4-3-5-21(28)9-18/h3-13,24,30,34H,14H2,1-2H3,(H,31,32)(H,33,35). The number of halogens is 1. The lowest BCUT2D eigenvalue weighted by molar-refractivity contribution is 0.0911. The number of carbonyl (C=O) groups excluding carboxylic acids is 1. The Morgan fingerprint density at radius 1 is 1.09 bits per heavy atom. The predicted molar refractivity (Wildman–Crippen MR) is 137 cm³/mol. The van der Waals surface area contributed by atoms with Gasteiger partial charge in [-0.2, -0.15) is 0 Å². The predicted octanol–water partition coefficient (Wildman–Crippen LogP) is 5.35. The molecule has 4 heterocycles. The zero-order valence-electron chi connectivity index (χ0n) is 19.3. The van der Waals surface area contributed by atoms with Gasteiger partial charge in [0.05, 0.1) is 12.6 Å². The van der Waals surface area contributed by atoms with E-state index in [1.54, 1.807) is 36.7 Å². The molecule has 1 atom stereocenters. The maximum Gasteiger partial charge on any atom is 0.268 e. The van der Waals surface area contributed by atoms with Gasteiger partial charge < -0.3 is 20.4 Å². The highest BCUT2D eigenvalue weighted by atomic mass is 35.5. The zero-order valence-corrected chi connectivity index (χ0v) is 20.0. The second-order valence-electron chi connectivity index (χ2n) is 8.50. The number of pyridine rings is 2. The van der Waals surface area contributed by atoms with Crippen LogP contribution in [0.5, 0.6) is 0 Å². The number of benzene rings is 1. The van der Waals surface area contributed by atoms with Crippen LogP contribution in [-0.2, 0) is 0 Å². The molecule has 0 radical (unpaired) electrons. The number of rotatable bonds is 6. The molecule has 176 valence electrons. The van der Waals surface area contributed by atoms with Gasteiger partial charge in [0, 0.05) is 57.1 Å². The average molecular weight is 486 g/mol. The van der Waals surface area contributed by atoms with Gasteiger partial charge in [0.15, 0.2) is 0 Å². The third-order valence-electron chi connectivity index (χ3n) is 6.02. The maximum absolute atomic E-state index is 13.0. The fraction of sp³-hybridized carbons (Fsp3) is 0.148. The van der Waals surface area contributed by atoms with Crippen molar-refractivity contribution < 1.29 is 9.90 Å². The van der Waals surface area contributed by atoms with Crippen molar-refractivity contribution in [1.29, 1.82) is 0 Å². The van der Waals surface area contributed by atoms with Crippen molar-refractivity contribution in [3.05, 3.63) is 94.8 Å². The van der Waals surface area contributed by atoms with E-state index in [0.29, 0.717) is 10.7 Å². The first-order valence-electron chi connectivity index (χ1n) is 11.2. The van der Waals surface area contributed by atoms with Crippen LogP contribution < -0.4 is 5.32 Å². The second kappa shape index (κ2) is 9.37. The first-order valence-corrected chi connectivity index (χ1v) is 11.6. The third-order valence-corrected chi connectivity index (χ3v) is 6.26. The minimum absolute atomic E-state index is 0.246. The summed E-state index contributed by atoms with van der Waals surface area (Å²) in [5.74, 6) is -0.321. The van der Waals surface area contributed by atoms with Gasteiger partial charge in [0.2, 0.25) is 0 Å². The van der Waals surface area contributed by atoms with Crippen LogP contribution in [0.15, 0.2) is 67.1 Å². The molecule has 5 aromatic rings. The number of hydrogen-bond donors (Lipinski definition) is 4. The quantitative estimate of drug-likeness (QED) is 0.260. The minimum atomic E-state index is -0.571. The molecule has 5 rings (SSSR count). The Kier molecular flexibility index (Phi) is 6.11. The molecule has 0 fully saturated rings. The number of aliphatic hydroxyl groups excluding tert-OH is 1. The first kappa shape index (κ1) is 22.8. The minimum Gasteiger partial charge on any atom is -0.394 e. The van der Waals surface area contributed by atoms with Crippen LogP contribution in [0.1, 0.15) is 33.5 Å². The fourth-order valence-corrected chi connectivity index (χ4v) is 4.51. The molecular weight excluding hydrogens is 462 g/mol. The lowest BCUT2D eigenvalue weighted by Crippen LogP contribution is -2.31. The van der Waals surface area contributed by atoms with E-state index in [0.717, 1.165) is 50.2 Å². The fourth-order valence-electron chi connectivity index (χ4n) is 4.32. The van der Waals surface area contributed by atoms with Gasteiger partial charge >= 0.3 is 0 Å². The third kappa shape index (κ3) is 4.56. The highest BCUT2D eigenvalue weighted by Gasteiger charge is 2.19. The van der Waals surface area contributed by atoms with Crippen molar-refractivity contribution in [3.8, 4) is 22.3 Å². The zero-order chi connectivity index (χ0) is 24.5. The SMILES string of the molecule is Cc1cc(-c2cnc3[nH]c(C)c(-c4c[nH]c(C(=O)NC(CO)c5cccc(Cl)c5)c4)c3c2)ccn1. The number of aliphatic hydroxyl groups is 1. The number of nitrogens with one attached hydrogen (secondary N) is 3. The van der Waals surface area contributed by atoms with Crippen LogP contribution in [0.4, 0.5) is 0 Å². The molecule has 35 heavy (non-hydrogen) atoms. The molecule has 0 aliphatic rings. The highest BCUT2D eigenvalue weighted by Crippen LogP contribution is 2.34. The van der Waals surface area contributed by atoms with Crippen molar-refractivity contribution >= 4 is 28.5 Å². The summed E-state index contributed by atoms with van der Waals surface area (Å²) >= 11 is 6.07. The molecular formula is C27H24ClN5O2. The second-order valence-corrected chi connectivity index (χ2v) is 8.93. The van der Waals surface area contributed by atoms with Crippen LogP contribution in [0.3, 0.4) is 0 Å². The summed E-state index contributed by atoms with van der Waals surface area (Å²) in [7, 11) is 0. The number of amides is 1. The summed E-state index contributed by atoms with van der Waals surface area (Å²) in [4.78, 5) is 28.3. The van der Waals surface area contributed by atoms with Crippen LogP contribution in [-0.4, -0.2) is 37.6 Å². The van der Waals surface area contributed by atoms with Crippen LogP contribution in [0, 0.1) is 13.8 Å². The van der Waals surface area contributed by atoms with Crippen LogP contribution >= 0.6 is 11.6 Å². The van der Waals surface area contributed by atoms with Crippen molar-refractivity contribution in [3.63, 3.8) is 0 Å². The van der Waals surface area contributed by atoms with E-state index in [9.17, 15) is 9.90 Å². The van der Waals surface area contributed by atoms with E-state index in [1.807, 2.05) is 38.2 Å². The topological polar surface area (TPSA) is 107 Å². The van der Waals surface area contributed by atoms with Crippen molar-refractivity contribution in [1.82, 2.24) is 25.3 Å². The molecule has 0 bridgehead atoms. The van der Waals surface area contributed by atoms with Gasteiger partial charge in [-0.1, -0.05) is 23.7 Å². The van der Waals surface area contributed by atoms with Gasteiger partial charge in [0.25, 0.3) is 5.91 Å². The molecule has 0 aliphatic heterocycles. The molecule has 1 unspecified atom stereocenters. The molecule has 0 spiro atoms. The summed E-state index contributed by atoms with van der Waals surface area (Å²) in [6, 6.07) is 14.4. The van der Waals surface area contributed by atoms with Crippen LogP contribution in [0.2, 0.25) is 5.02 Å². The lowest BCUT2D eigenvalue weighted by atomic mass is 10.0. The van der Waals surface area contributed by atoms with Crippen molar-refractivity contribution in [2.75, 3.05) is 6.61 Å². The summed E-state index contributed by atoms with van der Waals surface area (Å²) in [5, 5.41) is 14.2. The molecule has 8 heteroatoms. The summed E-state index contributed by atoms with van der Waals surface area (Å²) in [6.07, 6.45) is 5.44. The van der Waals surface area contributed by atoms with Gasteiger partial charge in [-0.25, -0.2) is 4.98 Å². The number of hydrogen-bond acceptors (Lipinski definition) is 4. The first-order chi connectivity index (χ1) is 16.9. The van der Waals surface area contributed by atoms with E-state index in [1.165, 1.54) is 0 Å². The summed E-state index contributed by atoms with van der Waals surface area (Å²) < 4.78 is 0. The molecule has 1 amide bonds. The Morgan fingerprint density at radius 3 is 2.71 bits per heavy atom. The maximum atomic E-state index is 13.0. The number of aromatic amines is 2. The van der Waals surface area contributed by atoms with E-state index >= 15 is 0 Å². The number of nitrogens with zero attached hydrogens (tertiary/aromatic N) is 2. The molecule has 7 nitrogen and oxygen atoms in total. The largest absolute Gasteiger partial charge is 0.394 e. The average Bonchev–Trinajstić information content (AvgIpc) is 3.45. The Bertz CT molecular complexity index is 1540. The Hall–Kier alpha value is -3.94. The number of carbonyl (C=O) groups is 1. The molecule has 0 aliphatic carbocycles. The van der Waals surface area contributed by atoms with E-state index < -0.39 is 6.04 Å². The van der Waals surface area contributed by atoms with Gasteiger partial charge in [0.1, 0.15) is 11.3 Å². The molecule has 4 aromatic heterocycles. The van der Waals surface area contributed by atoms with Gasteiger partial charge in [-0.3, -0.25) is 9.78 Å². The highest BCUT2D eigenvalue weighted by molar-refractivity contribution is 6.30. The Labute approximate surface area is 207 Å². The monoisotopic (exact) mass is 485 g/mol. The van der Waals surface area contributed by atoms with Crippen LogP contribution in [0.25, 0.3) is 33.3 Å². The van der Waals surface area contributed by atoms with E-state index in [-0.39, 0.29) is 12.5 Å². The van der Waals surface area contributed by atoms with Crippen molar-refractivity contribution in [2.45, 2.75) is 19.9 Å². The van der Waals surface area contributed by atoms with Crippen molar-refractivity contribution in [2.24, 2.45) is 0 Å². The van der Waals surface area contributed by atoms with E-state index in [2.05, 4.69) is 31.3 Å².